The number of aryl methyl sites for hydroxylation is 1. The van der Waals surface area contributed by atoms with Crippen molar-refractivity contribution in [1.82, 2.24) is 4.98 Å². The molecular formula is C11H11ClN2S2. The number of nitrogens with two attached hydrogens (primary N) is 1. The third-order valence-corrected chi connectivity index (χ3v) is 5.35. The van der Waals surface area contributed by atoms with Crippen molar-refractivity contribution in [3.8, 4) is 9.88 Å². The van der Waals surface area contributed by atoms with Gasteiger partial charge in [0.2, 0.25) is 0 Å². The van der Waals surface area contributed by atoms with E-state index in [9.17, 15) is 0 Å². The molecule has 0 saturated heterocycles. The molecule has 0 aliphatic heterocycles. The Morgan fingerprint density at radius 2 is 2.38 bits per heavy atom. The van der Waals surface area contributed by atoms with Crippen LogP contribution in [0.4, 0.5) is 0 Å². The molecule has 0 aromatic carbocycles. The molecule has 1 aliphatic rings. The highest BCUT2D eigenvalue weighted by atomic mass is 35.5. The third-order valence-electron chi connectivity index (χ3n) is 2.78. The van der Waals surface area contributed by atoms with Crippen LogP contribution in [0.15, 0.2) is 11.4 Å². The van der Waals surface area contributed by atoms with E-state index in [1.165, 1.54) is 11.3 Å². The molecule has 2 N–H and O–H groups in total. The molecule has 0 spiro atoms. The van der Waals surface area contributed by atoms with Gasteiger partial charge in [0.1, 0.15) is 5.01 Å². The third kappa shape index (κ3) is 1.80. The maximum atomic E-state index is 6.06. The highest BCUT2D eigenvalue weighted by molar-refractivity contribution is 7.21. The molecule has 1 atom stereocenters. The first-order valence-corrected chi connectivity index (χ1v) is 7.31. The van der Waals surface area contributed by atoms with Crippen molar-refractivity contribution in [3.63, 3.8) is 0 Å². The van der Waals surface area contributed by atoms with E-state index in [2.05, 4.69) is 4.98 Å². The maximum Gasteiger partial charge on any atom is 0.134 e. The van der Waals surface area contributed by atoms with Crippen LogP contribution in [-0.2, 0) is 6.42 Å². The van der Waals surface area contributed by atoms with Gasteiger partial charge in [-0.15, -0.1) is 22.7 Å². The molecule has 0 amide bonds. The number of rotatable bonds is 1. The van der Waals surface area contributed by atoms with Crippen molar-refractivity contribution in [1.29, 1.82) is 0 Å². The number of hydrogen-bond donors (Lipinski definition) is 1. The first-order chi connectivity index (χ1) is 7.74. The molecule has 0 saturated carbocycles. The SMILES string of the molecule is NC1CCCc2sc(-c3cc(Cl)cs3)nc21. The molecule has 2 aromatic rings. The van der Waals surface area contributed by atoms with Crippen molar-refractivity contribution in [2.45, 2.75) is 25.3 Å². The molecule has 0 bridgehead atoms. The molecule has 2 nitrogen and oxygen atoms in total. The maximum absolute atomic E-state index is 6.06. The lowest BCUT2D eigenvalue weighted by Crippen LogP contribution is -2.16. The number of fused-ring (bicyclic) bond motifs is 1. The fourth-order valence-electron chi connectivity index (χ4n) is 1.98. The van der Waals surface area contributed by atoms with Crippen LogP contribution in [0.3, 0.4) is 0 Å². The van der Waals surface area contributed by atoms with Crippen molar-refractivity contribution < 1.29 is 0 Å². The van der Waals surface area contributed by atoms with Crippen LogP contribution >= 0.6 is 34.3 Å². The van der Waals surface area contributed by atoms with E-state index >= 15 is 0 Å². The largest absolute Gasteiger partial charge is 0.323 e. The molecule has 1 aliphatic carbocycles. The molecule has 2 heterocycles. The Kier molecular flexibility index (Phi) is 2.75. The predicted octanol–water partition coefficient (Wildman–Crippen LogP) is 3.86. The number of nitrogens with zero attached hydrogens (tertiary/aromatic N) is 1. The van der Waals surface area contributed by atoms with Gasteiger partial charge in [-0.1, -0.05) is 11.6 Å². The van der Waals surface area contributed by atoms with Crippen LogP contribution in [0.1, 0.15) is 29.5 Å². The Balaban J connectivity index is 2.04. The van der Waals surface area contributed by atoms with Crippen molar-refractivity contribution in [2.24, 2.45) is 5.73 Å². The van der Waals surface area contributed by atoms with Crippen LogP contribution in [-0.4, -0.2) is 4.98 Å². The summed E-state index contributed by atoms with van der Waals surface area (Å²) in [5.74, 6) is 0. The Hall–Kier alpha value is -0.420. The van der Waals surface area contributed by atoms with Crippen LogP contribution in [0.2, 0.25) is 5.02 Å². The zero-order chi connectivity index (χ0) is 11.1. The summed E-state index contributed by atoms with van der Waals surface area (Å²) >= 11 is 9.34. The van der Waals surface area contributed by atoms with Crippen LogP contribution in [0.5, 0.6) is 0 Å². The molecule has 16 heavy (non-hydrogen) atoms. The van der Waals surface area contributed by atoms with Gasteiger partial charge in [-0.25, -0.2) is 4.98 Å². The second-order valence-corrected chi connectivity index (χ2v) is 6.39. The van der Waals surface area contributed by atoms with E-state index in [1.54, 1.807) is 22.7 Å². The monoisotopic (exact) mass is 270 g/mol. The summed E-state index contributed by atoms with van der Waals surface area (Å²) in [5, 5.41) is 3.80. The molecule has 1 unspecified atom stereocenters. The van der Waals surface area contributed by atoms with Crippen LogP contribution in [0.25, 0.3) is 9.88 Å². The summed E-state index contributed by atoms with van der Waals surface area (Å²) < 4.78 is 0. The minimum Gasteiger partial charge on any atom is -0.323 e. The number of thiophene rings is 1. The van der Waals surface area contributed by atoms with E-state index in [1.807, 2.05) is 11.4 Å². The predicted molar refractivity (Wildman–Crippen MR) is 70.3 cm³/mol. The van der Waals surface area contributed by atoms with Crippen molar-refractivity contribution in [3.05, 3.63) is 27.0 Å². The summed E-state index contributed by atoms with van der Waals surface area (Å²) in [6.45, 7) is 0. The highest BCUT2D eigenvalue weighted by Gasteiger charge is 2.22. The molecular weight excluding hydrogens is 260 g/mol. The van der Waals surface area contributed by atoms with E-state index < -0.39 is 0 Å². The van der Waals surface area contributed by atoms with E-state index in [0.29, 0.717) is 0 Å². The van der Waals surface area contributed by atoms with Crippen molar-refractivity contribution >= 4 is 34.3 Å². The lowest BCUT2D eigenvalue weighted by atomic mass is 9.99. The summed E-state index contributed by atoms with van der Waals surface area (Å²) in [5.41, 5.74) is 7.17. The second-order valence-electron chi connectivity index (χ2n) is 3.96. The smallest absolute Gasteiger partial charge is 0.134 e. The standard InChI is InChI=1S/C11H11ClN2S2/c12-6-4-9(15-5-6)11-14-10-7(13)2-1-3-8(10)16-11/h4-5,7H,1-3,13H2. The lowest BCUT2D eigenvalue weighted by molar-refractivity contribution is 0.564. The van der Waals surface area contributed by atoms with Gasteiger partial charge < -0.3 is 5.73 Å². The average Bonchev–Trinajstić information content (AvgIpc) is 2.84. The van der Waals surface area contributed by atoms with E-state index in [0.717, 1.165) is 33.4 Å². The second kappa shape index (κ2) is 4.11. The topological polar surface area (TPSA) is 38.9 Å². The first kappa shape index (κ1) is 10.7. The van der Waals surface area contributed by atoms with Gasteiger partial charge in [-0.2, -0.15) is 0 Å². The van der Waals surface area contributed by atoms with Crippen molar-refractivity contribution in [2.75, 3.05) is 0 Å². The van der Waals surface area contributed by atoms with Gasteiger partial charge >= 0.3 is 0 Å². The Morgan fingerprint density at radius 1 is 1.50 bits per heavy atom. The van der Waals surface area contributed by atoms with E-state index in [4.69, 9.17) is 17.3 Å². The summed E-state index contributed by atoms with van der Waals surface area (Å²) in [6, 6.07) is 2.10. The van der Waals surface area contributed by atoms with Gasteiger partial charge in [0.25, 0.3) is 0 Å². The minimum atomic E-state index is 0.129. The Labute approximate surface area is 107 Å². The minimum absolute atomic E-state index is 0.129. The number of hydrogen-bond acceptors (Lipinski definition) is 4. The van der Waals surface area contributed by atoms with E-state index in [-0.39, 0.29) is 6.04 Å². The molecule has 3 rings (SSSR count). The molecule has 84 valence electrons. The summed E-state index contributed by atoms with van der Waals surface area (Å²) in [4.78, 5) is 7.17. The van der Waals surface area contributed by atoms with Crippen LogP contribution in [0, 0.1) is 0 Å². The zero-order valence-corrected chi connectivity index (χ0v) is 11.0. The zero-order valence-electron chi connectivity index (χ0n) is 8.57. The molecule has 0 fully saturated rings. The van der Waals surface area contributed by atoms with Crippen LogP contribution < -0.4 is 5.73 Å². The number of aromatic nitrogens is 1. The summed E-state index contributed by atoms with van der Waals surface area (Å²) in [7, 11) is 0. The fraction of sp³-hybridized carbons (Fsp3) is 0.364. The summed E-state index contributed by atoms with van der Waals surface area (Å²) in [6.07, 6.45) is 3.36. The lowest BCUT2D eigenvalue weighted by Gasteiger charge is -2.15. The van der Waals surface area contributed by atoms with Gasteiger partial charge in [-0.3, -0.25) is 0 Å². The normalized spacial score (nSPS) is 19.8. The van der Waals surface area contributed by atoms with Gasteiger partial charge in [-0.05, 0) is 25.3 Å². The highest BCUT2D eigenvalue weighted by Crippen LogP contribution is 2.38. The van der Waals surface area contributed by atoms with Gasteiger partial charge in [0, 0.05) is 16.3 Å². The van der Waals surface area contributed by atoms with Gasteiger partial charge in [0.15, 0.2) is 0 Å². The fourth-order valence-corrected chi connectivity index (χ4v) is 4.29. The Bertz CT molecular complexity index is 518. The Morgan fingerprint density at radius 3 is 3.06 bits per heavy atom. The molecule has 2 aromatic heterocycles. The number of halogens is 1. The first-order valence-electron chi connectivity index (χ1n) is 5.23. The molecule has 5 heteroatoms. The average molecular weight is 271 g/mol. The molecule has 0 radical (unpaired) electrons. The quantitative estimate of drug-likeness (QED) is 0.855. The number of thiazole rings is 1. The van der Waals surface area contributed by atoms with Gasteiger partial charge in [0.05, 0.1) is 15.6 Å².